The minimum Gasteiger partial charge on any atom is -0.231 e. The molecule has 0 aliphatic rings. The highest BCUT2D eigenvalue weighted by molar-refractivity contribution is 6.29. The molecule has 0 aliphatic carbocycles. The van der Waals surface area contributed by atoms with Gasteiger partial charge in [0.1, 0.15) is 11.0 Å². The largest absolute Gasteiger partial charge is 0.231 e. The maximum absolute atomic E-state index is 5.65. The van der Waals surface area contributed by atoms with Crippen molar-refractivity contribution < 1.29 is 0 Å². The third kappa shape index (κ3) is 2.85. The minimum absolute atomic E-state index is 0.468. The Bertz CT molecular complexity index is 235. The van der Waals surface area contributed by atoms with Crippen molar-refractivity contribution in [3.05, 3.63) is 23.2 Å². The summed E-state index contributed by atoms with van der Waals surface area (Å²) in [4.78, 5) is 8.00. The summed E-state index contributed by atoms with van der Waals surface area (Å²) in [6, 6.07) is 1.56. The molecule has 0 unspecified atom stereocenters. The summed E-state index contributed by atoms with van der Waals surface area (Å²) >= 11 is 5.65. The molecule has 1 rings (SSSR count). The molecule has 0 saturated heterocycles. The van der Waals surface area contributed by atoms with Gasteiger partial charge >= 0.3 is 0 Å². The van der Waals surface area contributed by atoms with Crippen LogP contribution in [0.1, 0.15) is 19.7 Å². The molecule has 1 aromatic heterocycles. The zero-order valence-electron chi connectivity index (χ0n) is 6.63. The van der Waals surface area contributed by atoms with Crippen molar-refractivity contribution in [1.29, 1.82) is 0 Å². The fourth-order valence-electron chi connectivity index (χ4n) is 0.797. The summed E-state index contributed by atoms with van der Waals surface area (Å²) in [5.41, 5.74) is 0. The lowest BCUT2D eigenvalue weighted by molar-refractivity contribution is 0.620. The first kappa shape index (κ1) is 8.47. The average Bonchev–Trinajstić information content (AvgIpc) is 1.85. The second-order valence-electron chi connectivity index (χ2n) is 2.83. The van der Waals surface area contributed by atoms with Gasteiger partial charge in [0.25, 0.3) is 0 Å². The zero-order chi connectivity index (χ0) is 8.27. The van der Waals surface area contributed by atoms with E-state index in [0.29, 0.717) is 11.1 Å². The van der Waals surface area contributed by atoms with Gasteiger partial charge in [-0.15, -0.1) is 0 Å². The lowest BCUT2D eigenvalue weighted by Crippen LogP contribution is -1.99. The molecule has 0 amide bonds. The minimum atomic E-state index is 0.468. The lowest BCUT2D eigenvalue weighted by atomic mass is 10.1. The Morgan fingerprint density at radius 1 is 1.64 bits per heavy atom. The van der Waals surface area contributed by atoms with Gasteiger partial charge in [0.2, 0.25) is 0 Å². The maximum atomic E-state index is 5.65. The molecule has 3 heteroatoms. The molecule has 1 heterocycles. The Kier molecular flexibility index (Phi) is 2.83. The van der Waals surface area contributed by atoms with Crippen molar-refractivity contribution in [2.24, 2.45) is 5.92 Å². The summed E-state index contributed by atoms with van der Waals surface area (Å²) in [5.74, 6) is 1.33. The third-order valence-corrected chi connectivity index (χ3v) is 1.40. The monoisotopic (exact) mass is 169 g/mol. The van der Waals surface area contributed by atoms with Gasteiger partial charge in [0.05, 0.1) is 6.20 Å². The Morgan fingerprint density at radius 2 is 2.36 bits per heavy atom. The number of hydrogen-bond donors (Lipinski definition) is 0. The number of nitrogens with zero attached hydrogens (tertiary/aromatic N) is 2. The van der Waals surface area contributed by atoms with Gasteiger partial charge in [0.15, 0.2) is 0 Å². The van der Waals surface area contributed by atoms with Crippen LogP contribution in [0.15, 0.2) is 6.07 Å². The Morgan fingerprint density at radius 3 is 2.91 bits per heavy atom. The normalized spacial score (nSPS) is 10.5. The molecule has 0 atom stereocenters. The van der Waals surface area contributed by atoms with E-state index >= 15 is 0 Å². The van der Waals surface area contributed by atoms with Gasteiger partial charge in [-0.1, -0.05) is 25.4 Å². The van der Waals surface area contributed by atoms with E-state index in [9.17, 15) is 0 Å². The molecule has 0 saturated carbocycles. The molecule has 1 radical (unpaired) electrons. The van der Waals surface area contributed by atoms with Crippen molar-refractivity contribution in [1.82, 2.24) is 9.97 Å². The fourth-order valence-corrected chi connectivity index (χ4v) is 0.943. The summed E-state index contributed by atoms with van der Waals surface area (Å²) in [5, 5.41) is 0.468. The van der Waals surface area contributed by atoms with Gasteiger partial charge in [-0.2, -0.15) is 0 Å². The van der Waals surface area contributed by atoms with Crippen molar-refractivity contribution in [2.45, 2.75) is 20.3 Å². The maximum Gasteiger partial charge on any atom is 0.133 e. The van der Waals surface area contributed by atoms with Crippen LogP contribution in [0.5, 0.6) is 0 Å². The first-order valence-corrected chi connectivity index (χ1v) is 3.96. The van der Waals surface area contributed by atoms with Crippen LogP contribution in [0.2, 0.25) is 5.15 Å². The number of hydrogen-bond acceptors (Lipinski definition) is 2. The first-order chi connectivity index (χ1) is 5.18. The molecule has 2 nitrogen and oxygen atoms in total. The SMILES string of the molecule is CC(C)Cc1n[c]cc(Cl)n1. The predicted octanol–water partition coefficient (Wildman–Crippen LogP) is 2.13. The summed E-state index contributed by atoms with van der Waals surface area (Å²) < 4.78 is 0. The highest BCUT2D eigenvalue weighted by atomic mass is 35.5. The van der Waals surface area contributed by atoms with E-state index < -0.39 is 0 Å². The van der Waals surface area contributed by atoms with Crippen LogP contribution in [0.3, 0.4) is 0 Å². The predicted molar refractivity (Wildman–Crippen MR) is 44.4 cm³/mol. The summed E-state index contributed by atoms with van der Waals surface area (Å²) in [6.45, 7) is 4.23. The zero-order valence-corrected chi connectivity index (χ0v) is 7.39. The fraction of sp³-hybridized carbons (Fsp3) is 0.500. The first-order valence-electron chi connectivity index (χ1n) is 3.58. The molecule has 0 aromatic carbocycles. The lowest BCUT2D eigenvalue weighted by Gasteiger charge is -2.01. The molecule has 59 valence electrons. The van der Waals surface area contributed by atoms with E-state index in [2.05, 4.69) is 30.0 Å². The van der Waals surface area contributed by atoms with Crippen molar-refractivity contribution in [2.75, 3.05) is 0 Å². The second kappa shape index (κ2) is 3.67. The van der Waals surface area contributed by atoms with E-state index in [4.69, 9.17) is 11.6 Å². The molecule has 0 N–H and O–H groups in total. The standard InChI is InChI=1S/C8H10ClN2/c1-6(2)5-8-10-4-3-7(9)11-8/h3,6H,5H2,1-2H3. The van der Waals surface area contributed by atoms with E-state index in [1.165, 1.54) is 0 Å². The van der Waals surface area contributed by atoms with Gasteiger partial charge in [-0.05, 0) is 5.92 Å². The Hall–Kier alpha value is -0.630. The second-order valence-corrected chi connectivity index (χ2v) is 3.22. The third-order valence-electron chi connectivity index (χ3n) is 1.20. The summed E-state index contributed by atoms with van der Waals surface area (Å²) in [6.07, 6.45) is 3.55. The van der Waals surface area contributed by atoms with Gasteiger partial charge in [-0.3, -0.25) is 0 Å². The molecule has 1 aromatic rings. The Labute approximate surface area is 71.6 Å². The average molecular weight is 170 g/mol. The van der Waals surface area contributed by atoms with E-state index in [-0.39, 0.29) is 0 Å². The highest BCUT2D eigenvalue weighted by Gasteiger charge is 2.00. The summed E-state index contributed by atoms with van der Waals surface area (Å²) in [7, 11) is 0. The van der Waals surface area contributed by atoms with Gasteiger partial charge in [0, 0.05) is 12.5 Å². The van der Waals surface area contributed by atoms with E-state index in [0.717, 1.165) is 12.2 Å². The molecular weight excluding hydrogens is 160 g/mol. The van der Waals surface area contributed by atoms with E-state index in [1.54, 1.807) is 6.07 Å². The molecular formula is C8H10ClN2. The number of halogens is 1. The Balaban J connectivity index is 2.71. The molecule has 0 fully saturated rings. The van der Waals surface area contributed by atoms with Gasteiger partial charge in [-0.25, -0.2) is 9.97 Å². The highest BCUT2D eigenvalue weighted by Crippen LogP contribution is 2.05. The van der Waals surface area contributed by atoms with Crippen molar-refractivity contribution in [3.8, 4) is 0 Å². The number of aromatic nitrogens is 2. The van der Waals surface area contributed by atoms with Crippen LogP contribution < -0.4 is 0 Å². The molecule has 0 bridgehead atoms. The van der Waals surface area contributed by atoms with Crippen LogP contribution >= 0.6 is 11.6 Å². The van der Waals surface area contributed by atoms with Gasteiger partial charge < -0.3 is 0 Å². The van der Waals surface area contributed by atoms with Crippen LogP contribution in [-0.4, -0.2) is 9.97 Å². The van der Waals surface area contributed by atoms with Crippen molar-refractivity contribution in [3.63, 3.8) is 0 Å². The quantitative estimate of drug-likeness (QED) is 0.634. The van der Waals surface area contributed by atoms with Crippen LogP contribution in [0.4, 0.5) is 0 Å². The van der Waals surface area contributed by atoms with Crippen LogP contribution in [-0.2, 0) is 6.42 Å². The molecule has 0 spiro atoms. The van der Waals surface area contributed by atoms with E-state index in [1.807, 2.05) is 0 Å². The van der Waals surface area contributed by atoms with Crippen LogP contribution in [0.25, 0.3) is 0 Å². The smallest absolute Gasteiger partial charge is 0.133 e. The number of rotatable bonds is 2. The van der Waals surface area contributed by atoms with Crippen LogP contribution in [0, 0.1) is 12.1 Å². The topological polar surface area (TPSA) is 25.8 Å². The molecule has 11 heavy (non-hydrogen) atoms. The van der Waals surface area contributed by atoms with Crippen molar-refractivity contribution >= 4 is 11.6 Å². The molecule has 0 aliphatic heterocycles.